The Labute approximate surface area is 112 Å². The lowest BCUT2D eigenvalue weighted by atomic mass is 10.3. The van der Waals surface area contributed by atoms with Crippen molar-refractivity contribution in [2.45, 2.75) is 6.92 Å². The molecule has 4 nitrogen and oxygen atoms in total. The third-order valence-corrected chi connectivity index (χ3v) is 2.91. The van der Waals surface area contributed by atoms with Crippen LogP contribution in [0.2, 0.25) is 10.0 Å². The largest absolute Gasteiger partial charge is 0.380 e. The van der Waals surface area contributed by atoms with Gasteiger partial charge in [-0.05, 0) is 25.1 Å². The smallest absolute Gasteiger partial charge is 0.220 e. The minimum atomic E-state index is -0.525. The molecular weight excluding hydrogens is 280 g/mol. The van der Waals surface area contributed by atoms with Crippen LogP contribution in [0.4, 0.5) is 10.1 Å². The molecule has 0 amide bonds. The number of nitrogens with two attached hydrogens (primary N) is 1. The molecule has 0 saturated carbocycles. The van der Waals surface area contributed by atoms with E-state index in [2.05, 4.69) is 10.1 Å². The molecule has 0 spiro atoms. The summed E-state index contributed by atoms with van der Waals surface area (Å²) in [4.78, 5) is 4.03. The quantitative estimate of drug-likeness (QED) is 0.679. The van der Waals surface area contributed by atoms with E-state index in [4.69, 9.17) is 33.5 Å². The predicted molar refractivity (Wildman–Crippen MR) is 68.0 cm³/mol. The van der Waals surface area contributed by atoms with Crippen molar-refractivity contribution in [3.63, 3.8) is 0 Å². The molecular formula is C11H8Cl2FN3O. The maximum absolute atomic E-state index is 13.0. The zero-order valence-corrected chi connectivity index (χ0v) is 10.8. The van der Waals surface area contributed by atoms with Gasteiger partial charge in [0.1, 0.15) is 10.8 Å². The lowest BCUT2D eigenvalue weighted by Crippen LogP contribution is -2.12. The van der Waals surface area contributed by atoms with E-state index in [0.717, 1.165) is 0 Å². The summed E-state index contributed by atoms with van der Waals surface area (Å²) in [7, 11) is 0. The Hall–Kier alpha value is -1.59. The van der Waals surface area contributed by atoms with Crippen LogP contribution < -0.4 is 5.73 Å². The number of nitrogens with zero attached hydrogens (tertiary/aromatic N) is 2. The van der Waals surface area contributed by atoms with E-state index in [-0.39, 0.29) is 16.6 Å². The van der Waals surface area contributed by atoms with Crippen molar-refractivity contribution in [3.05, 3.63) is 45.5 Å². The molecule has 94 valence electrons. The van der Waals surface area contributed by atoms with Gasteiger partial charge in [0.25, 0.3) is 0 Å². The van der Waals surface area contributed by atoms with Crippen molar-refractivity contribution in [1.82, 2.24) is 5.16 Å². The standard InChI is InChI=1S/C11H8Cl2FN3O/c1-5-9(13)10(18-17-5)11(15)16-6-2-3-8(14)7(12)4-6/h2-4H,1H3,(H2,15,16). The molecule has 7 heteroatoms. The Kier molecular flexibility index (Phi) is 3.54. The van der Waals surface area contributed by atoms with Crippen LogP contribution in [0.15, 0.2) is 27.7 Å². The predicted octanol–water partition coefficient (Wildman–Crippen LogP) is 3.47. The SMILES string of the molecule is Cc1noc(C(N)=Nc2ccc(F)c(Cl)c2)c1Cl. The van der Waals surface area contributed by atoms with Crippen LogP contribution >= 0.6 is 23.2 Å². The lowest BCUT2D eigenvalue weighted by Gasteiger charge is -1.99. The van der Waals surface area contributed by atoms with Crippen LogP contribution in [0.25, 0.3) is 0 Å². The molecule has 0 atom stereocenters. The Morgan fingerprint density at radius 2 is 2.17 bits per heavy atom. The normalized spacial score (nSPS) is 11.9. The second-order valence-corrected chi connectivity index (χ2v) is 4.29. The molecule has 0 radical (unpaired) electrons. The first-order valence-corrected chi connectivity index (χ1v) is 5.66. The molecule has 0 saturated heterocycles. The zero-order valence-electron chi connectivity index (χ0n) is 9.25. The first-order valence-electron chi connectivity index (χ1n) is 4.90. The third kappa shape index (κ3) is 2.47. The number of hydrogen-bond acceptors (Lipinski definition) is 3. The van der Waals surface area contributed by atoms with Gasteiger partial charge in [-0.25, -0.2) is 9.38 Å². The molecule has 2 N–H and O–H groups in total. The summed E-state index contributed by atoms with van der Waals surface area (Å²) in [6.45, 7) is 1.68. The number of aliphatic imine (C=N–C) groups is 1. The molecule has 0 fully saturated rings. The summed E-state index contributed by atoms with van der Waals surface area (Å²) >= 11 is 11.6. The van der Waals surface area contributed by atoms with E-state index >= 15 is 0 Å². The minimum absolute atomic E-state index is 0.0381. The van der Waals surface area contributed by atoms with Crippen LogP contribution in [-0.2, 0) is 0 Å². The molecule has 0 bridgehead atoms. The van der Waals surface area contributed by atoms with Gasteiger partial charge in [-0.15, -0.1) is 0 Å². The van der Waals surface area contributed by atoms with E-state index in [0.29, 0.717) is 16.4 Å². The molecule has 2 aromatic rings. The fourth-order valence-corrected chi connectivity index (χ4v) is 1.60. The number of amidine groups is 1. The van der Waals surface area contributed by atoms with Crippen molar-refractivity contribution < 1.29 is 8.91 Å². The highest BCUT2D eigenvalue weighted by molar-refractivity contribution is 6.34. The number of hydrogen-bond donors (Lipinski definition) is 1. The van der Waals surface area contributed by atoms with Crippen LogP contribution in [0.3, 0.4) is 0 Å². The molecule has 1 heterocycles. The summed E-state index contributed by atoms with van der Waals surface area (Å²) in [5, 5.41) is 3.91. The fourth-order valence-electron chi connectivity index (χ4n) is 1.26. The number of aromatic nitrogens is 1. The molecule has 0 aliphatic carbocycles. The number of aryl methyl sites for hydroxylation is 1. The Morgan fingerprint density at radius 3 is 2.72 bits per heavy atom. The molecule has 0 unspecified atom stereocenters. The van der Waals surface area contributed by atoms with E-state index in [1.807, 2.05) is 0 Å². The van der Waals surface area contributed by atoms with E-state index in [1.165, 1.54) is 18.2 Å². The van der Waals surface area contributed by atoms with E-state index < -0.39 is 5.82 Å². The Morgan fingerprint density at radius 1 is 1.44 bits per heavy atom. The maximum Gasteiger partial charge on any atom is 0.220 e. The summed E-state index contributed by atoms with van der Waals surface area (Å²) in [5.74, 6) is -0.305. The van der Waals surface area contributed by atoms with Crippen molar-refractivity contribution in [1.29, 1.82) is 0 Å². The molecule has 0 aliphatic heterocycles. The molecule has 1 aromatic carbocycles. The van der Waals surface area contributed by atoms with Crippen molar-refractivity contribution in [2.75, 3.05) is 0 Å². The van der Waals surface area contributed by atoms with Gasteiger partial charge in [0, 0.05) is 0 Å². The monoisotopic (exact) mass is 287 g/mol. The zero-order chi connectivity index (χ0) is 13.3. The van der Waals surface area contributed by atoms with Gasteiger partial charge in [-0.2, -0.15) is 0 Å². The van der Waals surface area contributed by atoms with Crippen molar-refractivity contribution in [3.8, 4) is 0 Å². The summed E-state index contributed by atoms with van der Waals surface area (Å²) in [6.07, 6.45) is 0. The molecule has 0 aliphatic rings. The van der Waals surface area contributed by atoms with Gasteiger partial charge in [0.15, 0.2) is 5.84 Å². The summed E-state index contributed by atoms with van der Waals surface area (Å²) in [6, 6.07) is 3.98. The highest BCUT2D eigenvalue weighted by Gasteiger charge is 2.14. The van der Waals surface area contributed by atoms with Gasteiger partial charge < -0.3 is 10.3 Å². The van der Waals surface area contributed by atoms with Crippen LogP contribution in [0.1, 0.15) is 11.5 Å². The molecule has 2 rings (SSSR count). The average Bonchev–Trinajstić information content (AvgIpc) is 2.65. The Balaban J connectivity index is 2.38. The fraction of sp³-hybridized carbons (Fsp3) is 0.0909. The summed E-state index contributed by atoms with van der Waals surface area (Å²) in [5.41, 5.74) is 6.63. The first kappa shape index (κ1) is 12.9. The van der Waals surface area contributed by atoms with Gasteiger partial charge in [0.2, 0.25) is 5.76 Å². The third-order valence-electron chi connectivity index (χ3n) is 2.18. The topological polar surface area (TPSA) is 64.4 Å². The highest BCUT2D eigenvalue weighted by Crippen LogP contribution is 2.24. The van der Waals surface area contributed by atoms with Crippen molar-refractivity contribution >= 4 is 34.7 Å². The first-order chi connectivity index (χ1) is 8.49. The van der Waals surface area contributed by atoms with Crippen LogP contribution in [-0.4, -0.2) is 11.0 Å². The van der Waals surface area contributed by atoms with Gasteiger partial charge in [-0.3, -0.25) is 0 Å². The van der Waals surface area contributed by atoms with Gasteiger partial charge in [-0.1, -0.05) is 28.4 Å². The van der Waals surface area contributed by atoms with Crippen LogP contribution in [0.5, 0.6) is 0 Å². The number of halogens is 3. The highest BCUT2D eigenvalue weighted by atomic mass is 35.5. The van der Waals surface area contributed by atoms with Crippen LogP contribution in [0, 0.1) is 12.7 Å². The van der Waals surface area contributed by atoms with E-state index in [9.17, 15) is 4.39 Å². The second-order valence-electron chi connectivity index (χ2n) is 3.51. The second kappa shape index (κ2) is 4.96. The molecule has 18 heavy (non-hydrogen) atoms. The minimum Gasteiger partial charge on any atom is -0.380 e. The van der Waals surface area contributed by atoms with Gasteiger partial charge >= 0.3 is 0 Å². The van der Waals surface area contributed by atoms with E-state index in [1.54, 1.807) is 6.92 Å². The maximum atomic E-state index is 13.0. The number of rotatable bonds is 2. The Bertz CT molecular complexity index is 625. The number of benzene rings is 1. The molecule has 1 aromatic heterocycles. The van der Waals surface area contributed by atoms with Crippen molar-refractivity contribution in [2.24, 2.45) is 10.7 Å². The summed E-state index contributed by atoms with van der Waals surface area (Å²) < 4.78 is 17.9. The van der Waals surface area contributed by atoms with Gasteiger partial charge in [0.05, 0.1) is 16.4 Å². The lowest BCUT2D eigenvalue weighted by molar-refractivity contribution is 0.408. The average molecular weight is 288 g/mol.